The highest BCUT2D eigenvalue weighted by Crippen LogP contribution is 2.30. The Morgan fingerprint density at radius 1 is 1.26 bits per heavy atom. The fourth-order valence-electron chi connectivity index (χ4n) is 3.06. The van der Waals surface area contributed by atoms with E-state index in [2.05, 4.69) is 5.32 Å². The first-order chi connectivity index (χ1) is 10.6. The summed E-state index contributed by atoms with van der Waals surface area (Å²) in [6, 6.07) is 3.00. The molecule has 0 aromatic heterocycles. The highest BCUT2D eigenvalue weighted by molar-refractivity contribution is 6.02. The molecule has 0 spiro atoms. The third-order valence-corrected chi connectivity index (χ3v) is 3.81. The van der Waals surface area contributed by atoms with Crippen LogP contribution >= 0.6 is 0 Å². The zero-order chi connectivity index (χ0) is 17.4. The van der Waals surface area contributed by atoms with Gasteiger partial charge in [0.05, 0.1) is 0 Å². The number of amides is 2. The molecule has 2 rings (SSSR count). The van der Waals surface area contributed by atoms with Gasteiger partial charge in [-0.05, 0) is 38.3 Å². The van der Waals surface area contributed by atoms with Crippen molar-refractivity contribution < 1.29 is 22.8 Å². The Morgan fingerprint density at radius 3 is 2.35 bits per heavy atom. The van der Waals surface area contributed by atoms with Crippen LogP contribution in [0.25, 0.3) is 0 Å². The van der Waals surface area contributed by atoms with Crippen LogP contribution in [0.3, 0.4) is 0 Å². The second-order valence-electron chi connectivity index (χ2n) is 5.94. The summed E-state index contributed by atoms with van der Waals surface area (Å²) in [6.45, 7) is 6.10. The average Bonchev–Trinajstić information content (AvgIpc) is 2.68. The maximum absolute atomic E-state index is 12.4. The number of hydrogen-bond acceptors (Lipinski definition) is 2. The third kappa shape index (κ3) is 4.03. The monoisotopic (exact) mass is 328 g/mol. The number of rotatable bonds is 3. The van der Waals surface area contributed by atoms with Crippen LogP contribution in [0, 0.1) is 20.8 Å². The molecule has 7 heteroatoms. The van der Waals surface area contributed by atoms with Crippen molar-refractivity contribution in [3.63, 3.8) is 0 Å². The minimum absolute atomic E-state index is 0.301. The number of alkyl halides is 3. The normalized spacial score (nSPS) is 18.4. The van der Waals surface area contributed by atoms with Crippen LogP contribution in [0.5, 0.6) is 0 Å². The molecule has 1 aromatic carbocycles. The molecule has 2 amide bonds. The lowest BCUT2D eigenvalue weighted by Crippen LogP contribution is -2.43. The Labute approximate surface area is 132 Å². The van der Waals surface area contributed by atoms with E-state index in [0.717, 1.165) is 22.4 Å². The molecule has 0 saturated carbocycles. The number of hydrogen-bond donors (Lipinski definition) is 1. The summed E-state index contributed by atoms with van der Waals surface area (Å²) in [7, 11) is 0. The molecule has 1 atom stereocenters. The van der Waals surface area contributed by atoms with Gasteiger partial charge in [-0.1, -0.05) is 17.7 Å². The molecule has 4 nitrogen and oxygen atoms in total. The molecule has 0 radical (unpaired) electrons. The fraction of sp³-hybridized carbons (Fsp3) is 0.500. The van der Waals surface area contributed by atoms with Gasteiger partial charge in [-0.25, -0.2) is 0 Å². The van der Waals surface area contributed by atoms with Crippen LogP contribution in [-0.4, -0.2) is 30.6 Å². The average molecular weight is 328 g/mol. The SMILES string of the molecule is Cc1cc(C)c(N2CC[C@@H](NC(=O)CC(F)(F)F)C2=O)c(C)c1. The number of carbonyl (C=O) groups is 2. The van der Waals surface area contributed by atoms with Gasteiger partial charge in [0.15, 0.2) is 0 Å². The number of nitrogens with one attached hydrogen (secondary N) is 1. The lowest BCUT2D eigenvalue weighted by Gasteiger charge is -2.22. The van der Waals surface area contributed by atoms with E-state index in [-0.39, 0.29) is 5.91 Å². The van der Waals surface area contributed by atoms with Crippen LogP contribution in [0.15, 0.2) is 12.1 Å². The molecule has 0 unspecified atom stereocenters. The van der Waals surface area contributed by atoms with E-state index in [0.29, 0.717) is 13.0 Å². The van der Waals surface area contributed by atoms with Crippen LogP contribution in [0.4, 0.5) is 18.9 Å². The molecule has 1 aromatic rings. The van der Waals surface area contributed by atoms with E-state index < -0.39 is 24.5 Å². The van der Waals surface area contributed by atoms with Crippen molar-refractivity contribution in [2.45, 2.75) is 45.8 Å². The Hall–Kier alpha value is -2.05. The molecular weight excluding hydrogens is 309 g/mol. The lowest BCUT2D eigenvalue weighted by molar-refractivity contribution is -0.154. The van der Waals surface area contributed by atoms with E-state index in [1.807, 2.05) is 32.9 Å². The topological polar surface area (TPSA) is 49.4 Å². The van der Waals surface area contributed by atoms with Crippen molar-refractivity contribution in [3.05, 3.63) is 28.8 Å². The Kier molecular flexibility index (Phi) is 4.68. The van der Waals surface area contributed by atoms with Crippen molar-refractivity contribution in [1.29, 1.82) is 0 Å². The predicted octanol–water partition coefficient (Wildman–Crippen LogP) is 2.79. The quantitative estimate of drug-likeness (QED) is 0.927. The van der Waals surface area contributed by atoms with Crippen molar-refractivity contribution >= 4 is 17.5 Å². The van der Waals surface area contributed by atoms with Gasteiger partial charge in [-0.2, -0.15) is 13.2 Å². The van der Waals surface area contributed by atoms with E-state index in [1.165, 1.54) is 0 Å². The standard InChI is InChI=1S/C16H19F3N2O2/c1-9-6-10(2)14(11(3)7-9)21-5-4-12(15(21)23)20-13(22)8-16(17,18)19/h6-7,12H,4-5,8H2,1-3H3,(H,20,22)/t12-/m1/s1. The number of anilines is 1. The van der Waals surface area contributed by atoms with Crippen molar-refractivity contribution in [2.24, 2.45) is 0 Å². The van der Waals surface area contributed by atoms with Gasteiger partial charge in [0.1, 0.15) is 12.5 Å². The summed E-state index contributed by atoms with van der Waals surface area (Å²) in [6.07, 6.45) is -5.84. The first kappa shape index (κ1) is 17.3. The molecule has 0 aliphatic carbocycles. The number of benzene rings is 1. The van der Waals surface area contributed by atoms with Gasteiger partial charge in [0, 0.05) is 12.2 Å². The highest BCUT2D eigenvalue weighted by atomic mass is 19.4. The summed E-state index contributed by atoms with van der Waals surface area (Å²) in [5.74, 6) is -1.54. The molecule has 1 fully saturated rings. The van der Waals surface area contributed by atoms with Gasteiger partial charge >= 0.3 is 6.18 Å². The van der Waals surface area contributed by atoms with Crippen molar-refractivity contribution in [3.8, 4) is 0 Å². The largest absolute Gasteiger partial charge is 0.397 e. The molecule has 1 aliphatic heterocycles. The van der Waals surface area contributed by atoms with E-state index >= 15 is 0 Å². The second kappa shape index (κ2) is 6.22. The van der Waals surface area contributed by atoms with E-state index in [4.69, 9.17) is 0 Å². The fourth-order valence-corrected chi connectivity index (χ4v) is 3.06. The summed E-state index contributed by atoms with van der Waals surface area (Å²) in [5.41, 5.74) is 3.70. The summed E-state index contributed by atoms with van der Waals surface area (Å²) < 4.78 is 36.6. The summed E-state index contributed by atoms with van der Waals surface area (Å²) >= 11 is 0. The van der Waals surface area contributed by atoms with Gasteiger partial charge < -0.3 is 10.2 Å². The van der Waals surface area contributed by atoms with E-state index in [9.17, 15) is 22.8 Å². The first-order valence-corrected chi connectivity index (χ1v) is 7.34. The lowest BCUT2D eigenvalue weighted by atomic mass is 10.0. The first-order valence-electron chi connectivity index (χ1n) is 7.34. The molecule has 23 heavy (non-hydrogen) atoms. The number of nitrogens with zero attached hydrogens (tertiary/aromatic N) is 1. The molecular formula is C16H19F3N2O2. The number of carbonyl (C=O) groups excluding carboxylic acids is 2. The number of halogens is 3. The van der Waals surface area contributed by atoms with Crippen molar-refractivity contribution in [1.82, 2.24) is 5.32 Å². The Balaban J connectivity index is 2.12. The summed E-state index contributed by atoms with van der Waals surface area (Å²) in [4.78, 5) is 25.4. The van der Waals surface area contributed by atoms with Gasteiger partial charge in [0.2, 0.25) is 11.8 Å². The maximum atomic E-state index is 12.4. The van der Waals surface area contributed by atoms with Crippen LogP contribution in [0.1, 0.15) is 29.5 Å². The zero-order valence-corrected chi connectivity index (χ0v) is 13.3. The van der Waals surface area contributed by atoms with Crippen LogP contribution in [0.2, 0.25) is 0 Å². The smallest absolute Gasteiger partial charge is 0.344 e. The number of aryl methyl sites for hydroxylation is 3. The zero-order valence-electron chi connectivity index (χ0n) is 13.3. The van der Waals surface area contributed by atoms with Gasteiger partial charge in [-0.3, -0.25) is 9.59 Å². The predicted molar refractivity (Wildman–Crippen MR) is 80.2 cm³/mol. The van der Waals surface area contributed by atoms with E-state index in [1.54, 1.807) is 4.90 Å². The molecule has 1 aliphatic rings. The molecule has 1 saturated heterocycles. The third-order valence-electron chi connectivity index (χ3n) is 3.81. The molecule has 1 heterocycles. The minimum atomic E-state index is -4.57. The van der Waals surface area contributed by atoms with Gasteiger partial charge in [-0.15, -0.1) is 0 Å². The Morgan fingerprint density at radius 2 is 1.83 bits per heavy atom. The van der Waals surface area contributed by atoms with Crippen LogP contribution in [-0.2, 0) is 9.59 Å². The second-order valence-corrected chi connectivity index (χ2v) is 5.94. The van der Waals surface area contributed by atoms with Gasteiger partial charge in [0.25, 0.3) is 0 Å². The highest BCUT2D eigenvalue weighted by Gasteiger charge is 2.37. The minimum Gasteiger partial charge on any atom is -0.344 e. The molecule has 126 valence electrons. The Bertz CT molecular complexity index is 618. The summed E-state index contributed by atoms with van der Waals surface area (Å²) in [5, 5.41) is 2.19. The van der Waals surface area contributed by atoms with Crippen LogP contribution < -0.4 is 10.2 Å². The van der Waals surface area contributed by atoms with Crippen molar-refractivity contribution in [2.75, 3.05) is 11.4 Å². The molecule has 0 bridgehead atoms. The molecule has 1 N–H and O–H groups in total. The maximum Gasteiger partial charge on any atom is 0.397 e.